The third-order valence-corrected chi connectivity index (χ3v) is 3.91. The number of nitrogens with one attached hydrogen (secondary N) is 1. The lowest BCUT2D eigenvalue weighted by Crippen LogP contribution is -2.00. The molecule has 6 nitrogen and oxygen atoms in total. The van der Waals surface area contributed by atoms with E-state index in [1.54, 1.807) is 28.8 Å². The lowest BCUT2D eigenvalue weighted by molar-refractivity contribution is -0.384. The van der Waals surface area contributed by atoms with Crippen molar-refractivity contribution < 1.29 is 4.92 Å². The Morgan fingerprint density at radius 1 is 1.30 bits per heavy atom. The van der Waals surface area contributed by atoms with Crippen LogP contribution in [0.3, 0.4) is 0 Å². The first kappa shape index (κ1) is 15.4. The Morgan fingerprint density at radius 2 is 2.09 bits per heavy atom. The van der Waals surface area contributed by atoms with E-state index in [-0.39, 0.29) is 5.69 Å². The molecule has 0 aliphatic heterocycles. The molecule has 0 radical (unpaired) electrons. The summed E-state index contributed by atoms with van der Waals surface area (Å²) in [6.45, 7) is 1.93. The van der Waals surface area contributed by atoms with E-state index in [4.69, 9.17) is 23.8 Å². The summed E-state index contributed by atoms with van der Waals surface area (Å²) in [6, 6.07) is 11.7. The van der Waals surface area contributed by atoms with E-state index in [1.165, 1.54) is 12.1 Å². The highest BCUT2D eigenvalue weighted by Gasteiger charge is 2.15. The topological polar surface area (TPSA) is 76.8 Å². The van der Waals surface area contributed by atoms with Gasteiger partial charge in [0.25, 0.3) is 5.69 Å². The highest BCUT2D eigenvalue weighted by molar-refractivity contribution is 7.71. The zero-order valence-electron chi connectivity index (χ0n) is 12.0. The van der Waals surface area contributed by atoms with Gasteiger partial charge in [-0.3, -0.25) is 19.8 Å². The number of aryl methyl sites for hydroxylation is 1. The highest BCUT2D eigenvalue weighted by atomic mass is 35.5. The highest BCUT2D eigenvalue weighted by Crippen LogP contribution is 2.27. The van der Waals surface area contributed by atoms with Crippen LogP contribution in [-0.2, 0) is 0 Å². The Labute approximate surface area is 141 Å². The molecule has 3 aromatic rings. The van der Waals surface area contributed by atoms with Crippen molar-refractivity contribution in [1.29, 1.82) is 0 Å². The first-order chi connectivity index (χ1) is 11.0. The van der Waals surface area contributed by atoms with Gasteiger partial charge in [0.2, 0.25) is 0 Å². The van der Waals surface area contributed by atoms with Crippen LogP contribution < -0.4 is 0 Å². The lowest BCUT2D eigenvalue weighted by atomic mass is 10.1. The molecule has 1 aromatic heterocycles. The molecule has 0 saturated carbocycles. The number of aromatic nitrogens is 3. The maximum absolute atomic E-state index is 11.0. The van der Waals surface area contributed by atoms with Crippen molar-refractivity contribution in [3.63, 3.8) is 0 Å². The quantitative estimate of drug-likeness (QED) is 0.431. The molecule has 0 bridgehead atoms. The predicted molar refractivity (Wildman–Crippen MR) is 90.6 cm³/mol. The van der Waals surface area contributed by atoms with Crippen molar-refractivity contribution in [2.24, 2.45) is 0 Å². The zero-order chi connectivity index (χ0) is 16.6. The summed E-state index contributed by atoms with van der Waals surface area (Å²) in [5.74, 6) is 0.490. The Morgan fingerprint density at radius 3 is 2.83 bits per heavy atom. The van der Waals surface area contributed by atoms with E-state index in [9.17, 15) is 10.1 Å². The molecule has 0 saturated heterocycles. The largest absolute Gasteiger partial charge is 0.270 e. The number of rotatable bonds is 3. The molecule has 0 aliphatic rings. The number of aromatic amines is 1. The zero-order valence-corrected chi connectivity index (χ0v) is 13.6. The summed E-state index contributed by atoms with van der Waals surface area (Å²) < 4.78 is 2.10. The van der Waals surface area contributed by atoms with Crippen molar-refractivity contribution >= 4 is 29.5 Å². The van der Waals surface area contributed by atoms with Crippen LogP contribution in [-0.4, -0.2) is 19.7 Å². The number of hydrogen-bond donors (Lipinski definition) is 1. The maximum atomic E-state index is 11.0. The van der Waals surface area contributed by atoms with Crippen LogP contribution >= 0.6 is 23.8 Å². The Hall–Kier alpha value is -2.51. The molecule has 0 aliphatic carbocycles. The van der Waals surface area contributed by atoms with E-state index < -0.39 is 4.92 Å². The average molecular weight is 347 g/mol. The molecule has 2 aromatic carbocycles. The average Bonchev–Trinajstić information content (AvgIpc) is 2.91. The van der Waals surface area contributed by atoms with Crippen LogP contribution in [0.2, 0.25) is 5.02 Å². The molecule has 0 spiro atoms. The van der Waals surface area contributed by atoms with Crippen molar-refractivity contribution in [2.75, 3.05) is 0 Å². The SMILES string of the molecule is Cc1ccc(Cl)cc1-n1c(-c2cccc([N+](=O)[O-])c2)n[nH]c1=S. The minimum atomic E-state index is -0.445. The maximum Gasteiger partial charge on any atom is 0.270 e. The summed E-state index contributed by atoms with van der Waals surface area (Å²) in [4.78, 5) is 10.5. The number of nitrogens with zero attached hydrogens (tertiary/aromatic N) is 3. The number of nitro benzene ring substituents is 1. The number of non-ortho nitro benzene ring substituents is 1. The molecule has 1 heterocycles. The van der Waals surface area contributed by atoms with Gasteiger partial charge in [-0.15, -0.1) is 0 Å². The molecule has 3 rings (SSSR count). The molecule has 116 valence electrons. The van der Waals surface area contributed by atoms with Crippen LogP contribution in [0, 0.1) is 21.8 Å². The first-order valence-corrected chi connectivity index (χ1v) is 7.45. The fraction of sp³-hybridized carbons (Fsp3) is 0.0667. The molecule has 8 heteroatoms. The van der Waals surface area contributed by atoms with Gasteiger partial charge in [0.1, 0.15) is 0 Å². The molecule has 23 heavy (non-hydrogen) atoms. The standard InChI is InChI=1S/C15H11ClN4O2S/c1-9-5-6-11(16)8-13(9)19-14(17-18-15(19)23)10-3-2-4-12(7-10)20(21)22/h2-8H,1H3,(H,18,23). The van der Waals surface area contributed by atoms with E-state index in [2.05, 4.69) is 10.2 Å². The minimum Gasteiger partial charge on any atom is -0.268 e. The number of hydrogen-bond acceptors (Lipinski definition) is 4. The van der Waals surface area contributed by atoms with E-state index in [1.807, 2.05) is 13.0 Å². The van der Waals surface area contributed by atoms with Gasteiger partial charge in [0.05, 0.1) is 10.6 Å². The van der Waals surface area contributed by atoms with Crippen LogP contribution in [0.1, 0.15) is 5.56 Å². The van der Waals surface area contributed by atoms with Crippen LogP contribution in [0.5, 0.6) is 0 Å². The number of benzene rings is 2. The van der Waals surface area contributed by atoms with Gasteiger partial charge < -0.3 is 0 Å². The molecular weight excluding hydrogens is 336 g/mol. The Balaban J connectivity index is 2.24. The summed E-state index contributed by atoms with van der Waals surface area (Å²) in [5.41, 5.74) is 2.31. The van der Waals surface area contributed by atoms with Crippen molar-refractivity contribution in [2.45, 2.75) is 6.92 Å². The smallest absolute Gasteiger partial charge is 0.268 e. The van der Waals surface area contributed by atoms with Crippen molar-refractivity contribution in [3.8, 4) is 17.1 Å². The van der Waals surface area contributed by atoms with Crippen LogP contribution in [0.15, 0.2) is 42.5 Å². The monoisotopic (exact) mass is 346 g/mol. The van der Waals surface area contributed by atoms with E-state index in [0.717, 1.165) is 11.3 Å². The second-order valence-corrected chi connectivity index (χ2v) is 5.75. The number of halogens is 1. The van der Waals surface area contributed by atoms with Gasteiger partial charge in [-0.2, -0.15) is 5.10 Å². The summed E-state index contributed by atoms with van der Waals surface area (Å²) in [5, 5.41) is 18.5. The molecule has 0 fully saturated rings. The summed E-state index contributed by atoms with van der Waals surface area (Å²) in [7, 11) is 0. The summed E-state index contributed by atoms with van der Waals surface area (Å²) >= 11 is 11.4. The van der Waals surface area contributed by atoms with E-state index in [0.29, 0.717) is 21.2 Å². The lowest BCUT2D eigenvalue weighted by Gasteiger charge is -2.10. The molecule has 0 amide bonds. The summed E-state index contributed by atoms with van der Waals surface area (Å²) in [6.07, 6.45) is 0. The van der Waals surface area contributed by atoms with Gasteiger partial charge in [-0.05, 0) is 36.8 Å². The van der Waals surface area contributed by atoms with Gasteiger partial charge in [-0.25, -0.2) is 0 Å². The van der Waals surface area contributed by atoms with Crippen molar-refractivity contribution in [3.05, 3.63) is 67.9 Å². The number of H-pyrrole nitrogens is 1. The molecule has 0 atom stereocenters. The van der Waals surface area contributed by atoms with Gasteiger partial charge in [0, 0.05) is 22.7 Å². The number of nitro groups is 1. The Kier molecular flexibility index (Phi) is 3.97. The Bertz CT molecular complexity index is 964. The predicted octanol–water partition coefficient (Wildman–Crippen LogP) is 4.47. The second-order valence-electron chi connectivity index (χ2n) is 4.93. The van der Waals surface area contributed by atoms with Crippen molar-refractivity contribution in [1.82, 2.24) is 14.8 Å². The normalized spacial score (nSPS) is 10.7. The van der Waals surface area contributed by atoms with Gasteiger partial charge >= 0.3 is 0 Å². The third kappa shape index (κ3) is 2.88. The van der Waals surface area contributed by atoms with Gasteiger partial charge in [-0.1, -0.05) is 29.8 Å². The molecular formula is C15H11ClN4O2S. The molecule has 1 N–H and O–H groups in total. The fourth-order valence-electron chi connectivity index (χ4n) is 2.30. The first-order valence-electron chi connectivity index (χ1n) is 6.66. The van der Waals surface area contributed by atoms with Crippen LogP contribution in [0.4, 0.5) is 5.69 Å². The van der Waals surface area contributed by atoms with E-state index >= 15 is 0 Å². The fourth-order valence-corrected chi connectivity index (χ4v) is 2.69. The van der Waals surface area contributed by atoms with Crippen LogP contribution in [0.25, 0.3) is 17.1 Å². The van der Waals surface area contributed by atoms with Gasteiger partial charge in [0.15, 0.2) is 10.6 Å². The minimum absolute atomic E-state index is 0.00853. The second kappa shape index (κ2) is 5.94. The third-order valence-electron chi connectivity index (χ3n) is 3.40. The molecule has 0 unspecified atom stereocenters.